The molecule has 3 N–H and O–H groups in total. The number of benzene rings is 3. The fourth-order valence-electron chi connectivity index (χ4n) is 4.23. The molecule has 45 heavy (non-hydrogen) atoms. The minimum absolute atomic E-state index is 0.0170. The molecule has 1 atom stereocenters. The first-order valence-corrected chi connectivity index (χ1v) is 14.8. The number of thioether (sulfide) groups is 1. The number of carbonyl (C=O) groups excluding carboxylic acids is 3. The summed E-state index contributed by atoms with van der Waals surface area (Å²) < 4.78 is 16.4. The van der Waals surface area contributed by atoms with Gasteiger partial charge < -0.3 is 29.6 Å². The Kier molecular flexibility index (Phi) is 9.80. The highest BCUT2D eigenvalue weighted by atomic mass is 32.2. The molecule has 0 saturated heterocycles. The third kappa shape index (κ3) is 8.09. The monoisotopic (exact) mass is 622 g/mol. The number of ether oxygens (including phenoxy) is 1. The molecule has 0 saturated carbocycles. The van der Waals surface area contributed by atoms with Crippen molar-refractivity contribution in [2.75, 3.05) is 17.7 Å². The normalized spacial score (nSPS) is 11.8. The van der Waals surface area contributed by atoms with Crippen LogP contribution in [0.4, 0.5) is 11.5 Å². The summed E-state index contributed by atoms with van der Waals surface area (Å²) in [6.45, 7) is 3.52. The quantitative estimate of drug-likeness (QED) is 0.108. The Morgan fingerprint density at radius 2 is 1.64 bits per heavy atom. The molecule has 3 amide bonds. The fraction of sp³-hybridized carbons (Fsp3) is 0.118. The number of aromatic nitrogens is 1. The van der Waals surface area contributed by atoms with E-state index in [1.807, 2.05) is 24.3 Å². The lowest BCUT2D eigenvalue weighted by Crippen LogP contribution is -2.30. The number of amides is 3. The van der Waals surface area contributed by atoms with Crippen LogP contribution in [0.15, 0.2) is 117 Å². The van der Waals surface area contributed by atoms with Gasteiger partial charge >= 0.3 is 0 Å². The molecule has 5 rings (SSSR count). The van der Waals surface area contributed by atoms with E-state index >= 15 is 0 Å². The van der Waals surface area contributed by atoms with Gasteiger partial charge in [0.25, 0.3) is 11.8 Å². The number of rotatable bonds is 11. The Morgan fingerprint density at radius 3 is 2.36 bits per heavy atom. The summed E-state index contributed by atoms with van der Waals surface area (Å²) in [5.41, 5.74) is 1.62. The van der Waals surface area contributed by atoms with Gasteiger partial charge in [0, 0.05) is 28.3 Å². The lowest BCUT2D eigenvalue weighted by molar-refractivity contribution is -0.115. The molecule has 11 heteroatoms. The highest BCUT2D eigenvalue weighted by molar-refractivity contribution is 8.00. The Bertz CT molecular complexity index is 1830. The van der Waals surface area contributed by atoms with Crippen molar-refractivity contribution in [3.8, 4) is 17.1 Å². The van der Waals surface area contributed by atoms with Gasteiger partial charge in [0.15, 0.2) is 5.82 Å². The van der Waals surface area contributed by atoms with Crippen molar-refractivity contribution < 1.29 is 28.1 Å². The first-order chi connectivity index (χ1) is 21.8. The molecule has 0 spiro atoms. The van der Waals surface area contributed by atoms with Gasteiger partial charge in [-0.3, -0.25) is 14.4 Å². The van der Waals surface area contributed by atoms with Crippen molar-refractivity contribution in [3.05, 3.63) is 120 Å². The second-order valence-electron chi connectivity index (χ2n) is 9.83. The predicted molar refractivity (Wildman–Crippen MR) is 173 cm³/mol. The van der Waals surface area contributed by atoms with Crippen molar-refractivity contribution in [3.63, 3.8) is 0 Å². The molecule has 228 valence electrons. The minimum atomic E-state index is -0.550. The van der Waals surface area contributed by atoms with Crippen molar-refractivity contribution in [1.82, 2.24) is 10.5 Å². The molecule has 2 aromatic heterocycles. The van der Waals surface area contributed by atoms with Gasteiger partial charge in [-0.25, -0.2) is 0 Å². The minimum Gasteiger partial charge on any atom is -0.496 e. The van der Waals surface area contributed by atoms with Crippen LogP contribution in [0.5, 0.6) is 5.75 Å². The molecule has 0 radical (unpaired) electrons. The molecule has 0 unspecified atom stereocenters. The first kappa shape index (κ1) is 30.9. The van der Waals surface area contributed by atoms with Gasteiger partial charge in [-0.15, -0.1) is 11.8 Å². The third-order valence-corrected chi connectivity index (χ3v) is 7.60. The SMILES string of the molecule is COc1ccccc1-c1ccc(/C=C(\NC(=O)c2ccccc2)C(=O)Nc2ccc(S[C@@H](C)C(=O)Nc3cc(C)on3)cc2)o1. The van der Waals surface area contributed by atoms with Crippen molar-refractivity contribution in [2.24, 2.45) is 0 Å². The van der Waals surface area contributed by atoms with E-state index < -0.39 is 17.1 Å². The molecule has 0 aliphatic carbocycles. The Morgan fingerprint density at radius 1 is 0.911 bits per heavy atom. The van der Waals surface area contributed by atoms with E-state index in [0.717, 1.165) is 10.5 Å². The summed E-state index contributed by atoms with van der Waals surface area (Å²) in [5, 5.41) is 11.6. The summed E-state index contributed by atoms with van der Waals surface area (Å²) in [7, 11) is 1.58. The number of methoxy groups -OCH3 is 1. The van der Waals surface area contributed by atoms with Gasteiger partial charge in [-0.2, -0.15) is 0 Å². The van der Waals surface area contributed by atoms with Gasteiger partial charge in [0.05, 0.1) is 17.9 Å². The maximum Gasteiger partial charge on any atom is 0.272 e. The standard InChI is InChI=1S/C34H30N4O6S/c1-21-19-31(38-44-21)37-32(39)22(2)45-26-16-13-24(14-17-26)35-34(41)28(36-33(40)23-9-5-4-6-10-23)20-25-15-18-30(43-25)27-11-7-8-12-29(27)42-3/h4-20,22H,1-3H3,(H,35,41)(H,36,40)(H,37,38,39)/b28-20-/t22-/m0/s1. The lowest BCUT2D eigenvalue weighted by Gasteiger charge is -2.13. The molecular weight excluding hydrogens is 592 g/mol. The zero-order chi connectivity index (χ0) is 31.8. The molecule has 10 nitrogen and oxygen atoms in total. The third-order valence-electron chi connectivity index (χ3n) is 6.49. The van der Waals surface area contributed by atoms with Crippen LogP contribution in [0.2, 0.25) is 0 Å². The van der Waals surface area contributed by atoms with Crippen molar-refractivity contribution in [1.29, 1.82) is 0 Å². The number of carbonyl (C=O) groups is 3. The van der Waals surface area contributed by atoms with E-state index in [2.05, 4.69) is 21.1 Å². The van der Waals surface area contributed by atoms with Crippen LogP contribution in [0, 0.1) is 6.92 Å². The molecule has 0 bridgehead atoms. The number of hydrogen-bond acceptors (Lipinski definition) is 8. The number of anilines is 2. The van der Waals surface area contributed by atoms with E-state index in [9.17, 15) is 14.4 Å². The van der Waals surface area contributed by atoms with Crippen LogP contribution in [-0.2, 0) is 9.59 Å². The molecule has 0 aliphatic rings. The zero-order valence-electron chi connectivity index (χ0n) is 24.7. The van der Waals surface area contributed by atoms with Gasteiger partial charge in [-0.1, -0.05) is 35.5 Å². The number of nitrogens with one attached hydrogen (secondary N) is 3. The molecule has 5 aromatic rings. The second-order valence-corrected chi connectivity index (χ2v) is 11.2. The summed E-state index contributed by atoms with van der Waals surface area (Å²) in [5.74, 6) is 1.27. The summed E-state index contributed by atoms with van der Waals surface area (Å²) in [6, 6.07) is 28.1. The summed E-state index contributed by atoms with van der Waals surface area (Å²) in [6.07, 6.45) is 1.47. The molecule has 2 heterocycles. The molecular formula is C34H30N4O6S. The van der Waals surface area contributed by atoms with E-state index in [1.54, 1.807) is 93.8 Å². The van der Waals surface area contributed by atoms with Crippen LogP contribution in [0.25, 0.3) is 17.4 Å². The van der Waals surface area contributed by atoms with Crippen LogP contribution in [-0.4, -0.2) is 35.2 Å². The largest absolute Gasteiger partial charge is 0.496 e. The van der Waals surface area contributed by atoms with Crippen molar-refractivity contribution >= 4 is 47.1 Å². The topological polar surface area (TPSA) is 136 Å². The maximum absolute atomic E-state index is 13.5. The molecule has 3 aromatic carbocycles. The molecule has 0 aliphatic heterocycles. The van der Waals surface area contributed by atoms with E-state index in [1.165, 1.54) is 17.8 Å². The van der Waals surface area contributed by atoms with Crippen LogP contribution in [0.1, 0.15) is 28.8 Å². The van der Waals surface area contributed by atoms with Crippen LogP contribution >= 0.6 is 11.8 Å². The van der Waals surface area contributed by atoms with Gasteiger partial charge in [0.1, 0.15) is 28.7 Å². The smallest absolute Gasteiger partial charge is 0.272 e. The number of nitrogens with zero attached hydrogens (tertiary/aromatic N) is 1. The van der Waals surface area contributed by atoms with E-state index in [0.29, 0.717) is 40.1 Å². The summed E-state index contributed by atoms with van der Waals surface area (Å²) in [4.78, 5) is 39.8. The van der Waals surface area contributed by atoms with E-state index in [-0.39, 0.29) is 11.6 Å². The van der Waals surface area contributed by atoms with Gasteiger partial charge in [-0.05, 0) is 74.5 Å². The fourth-order valence-corrected chi connectivity index (χ4v) is 5.10. The van der Waals surface area contributed by atoms with Crippen LogP contribution < -0.4 is 20.7 Å². The molecule has 0 fully saturated rings. The van der Waals surface area contributed by atoms with Crippen LogP contribution in [0.3, 0.4) is 0 Å². The second kappa shape index (κ2) is 14.3. The predicted octanol–water partition coefficient (Wildman–Crippen LogP) is 6.78. The Balaban J connectivity index is 1.30. The van der Waals surface area contributed by atoms with Gasteiger partial charge in [0.2, 0.25) is 5.91 Å². The number of hydrogen-bond donors (Lipinski definition) is 3. The number of para-hydroxylation sites is 1. The average molecular weight is 623 g/mol. The number of furan rings is 1. The maximum atomic E-state index is 13.5. The lowest BCUT2D eigenvalue weighted by atomic mass is 10.1. The Labute approximate surface area is 263 Å². The Hall–Kier alpha value is -5.55. The van der Waals surface area contributed by atoms with Crippen molar-refractivity contribution in [2.45, 2.75) is 24.0 Å². The number of aryl methyl sites for hydroxylation is 1. The summed E-state index contributed by atoms with van der Waals surface area (Å²) >= 11 is 1.35. The first-order valence-electron chi connectivity index (χ1n) is 13.9. The van der Waals surface area contributed by atoms with E-state index in [4.69, 9.17) is 13.7 Å². The highest BCUT2D eigenvalue weighted by Crippen LogP contribution is 2.31. The average Bonchev–Trinajstić information content (AvgIpc) is 3.70. The highest BCUT2D eigenvalue weighted by Gasteiger charge is 2.19. The zero-order valence-corrected chi connectivity index (χ0v) is 25.5.